The second kappa shape index (κ2) is 6.55. The van der Waals surface area contributed by atoms with E-state index in [1.807, 2.05) is 18.2 Å². The van der Waals surface area contributed by atoms with Gasteiger partial charge in [0.1, 0.15) is 24.2 Å². The molecule has 0 amide bonds. The van der Waals surface area contributed by atoms with Gasteiger partial charge in [-0.2, -0.15) is 0 Å². The highest BCUT2D eigenvalue weighted by atomic mass is 35.5. The van der Waals surface area contributed by atoms with Crippen molar-refractivity contribution in [1.29, 1.82) is 0 Å². The van der Waals surface area contributed by atoms with Gasteiger partial charge in [-0.25, -0.2) is 0 Å². The number of aliphatic hydroxyl groups is 1. The number of benzene rings is 1. The first-order valence-corrected chi connectivity index (χ1v) is 7.37. The SMILES string of the molecule is COc1ccc2c(c1)S[C@H](CCCCl)[C@@H](O)CO2. The number of alkyl halides is 1. The van der Waals surface area contributed by atoms with Gasteiger partial charge < -0.3 is 14.6 Å². The molecule has 1 aromatic carbocycles. The Morgan fingerprint density at radius 3 is 3.11 bits per heavy atom. The zero-order valence-electron chi connectivity index (χ0n) is 10.3. The molecule has 1 N–H and O–H groups in total. The summed E-state index contributed by atoms with van der Waals surface area (Å²) in [4.78, 5) is 1.02. The molecule has 5 heteroatoms. The van der Waals surface area contributed by atoms with Crippen molar-refractivity contribution in [1.82, 2.24) is 0 Å². The summed E-state index contributed by atoms with van der Waals surface area (Å²) in [7, 11) is 1.64. The number of thioether (sulfide) groups is 1. The Morgan fingerprint density at radius 1 is 1.56 bits per heavy atom. The van der Waals surface area contributed by atoms with Gasteiger partial charge in [0.05, 0.1) is 12.0 Å². The third-order valence-corrected chi connectivity index (χ3v) is 4.58. The minimum absolute atomic E-state index is 0.122. The first-order valence-electron chi connectivity index (χ1n) is 5.96. The van der Waals surface area contributed by atoms with Crippen molar-refractivity contribution in [2.24, 2.45) is 0 Å². The van der Waals surface area contributed by atoms with Crippen molar-refractivity contribution in [2.45, 2.75) is 29.1 Å². The lowest BCUT2D eigenvalue weighted by molar-refractivity contribution is 0.104. The highest BCUT2D eigenvalue weighted by Crippen LogP contribution is 2.40. The summed E-state index contributed by atoms with van der Waals surface area (Å²) in [6, 6.07) is 5.70. The number of ether oxygens (including phenoxy) is 2. The Balaban J connectivity index is 2.17. The van der Waals surface area contributed by atoms with Crippen molar-refractivity contribution in [3.05, 3.63) is 18.2 Å². The van der Waals surface area contributed by atoms with Crippen LogP contribution in [0.15, 0.2) is 23.1 Å². The van der Waals surface area contributed by atoms with E-state index in [2.05, 4.69) is 0 Å². The molecule has 0 saturated heterocycles. The lowest BCUT2D eigenvalue weighted by Crippen LogP contribution is -2.28. The zero-order valence-corrected chi connectivity index (χ0v) is 11.8. The molecular formula is C13H17ClO3S. The van der Waals surface area contributed by atoms with Crippen LogP contribution in [-0.4, -0.2) is 36.1 Å². The van der Waals surface area contributed by atoms with Crippen LogP contribution in [-0.2, 0) is 0 Å². The van der Waals surface area contributed by atoms with Crippen molar-refractivity contribution < 1.29 is 14.6 Å². The molecule has 1 heterocycles. The van der Waals surface area contributed by atoms with Crippen LogP contribution < -0.4 is 9.47 Å². The van der Waals surface area contributed by atoms with Gasteiger partial charge in [0.25, 0.3) is 0 Å². The molecule has 0 unspecified atom stereocenters. The molecule has 0 aliphatic carbocycles. The third kappa shape index (κ3) is 3.25. The maximum Gasteiger partial charge on any atom is 0.133 e. The number of methoxy groups -OCH3 is 1. The molecular weight excluding hydrogens is 272 g/mol. The topological polar surface area (TPSA) is 38.7 Å². The fraction of sp³-hybridized carbons (Fsp3) is 0.538. The average molecular weight is 289 g/mol. The number of rotatable bonds is 4. The van der Waals surface area contributed by atoms with E-state index in [1.54, 1.807) is 18.9 Å². The molecule has 3 nitrogen and oxygen atoms in total. The molecule has 1 aliphatic heterocycles. The van der Waals surface area contributed by atoms with Crippen molar-refractivity contribution >= 4 is 23.4 Å². The monoisotopic (exact) mass is 288 g/mol. The molecule has 0 fully saturated rings. The number of aliphatic hydroxyl groups excluding tert-OH is 1. The van der Waals surface area contributed by atoms with Gasteiger partial charge in [0.2, 0.25) is 0 Å². The summed E-state index contributed by atoms with van der Waals surface area (Å²) >= 11 is 7.36. The molecule has 2 atom stereocenters. The molecule has 18 heavy (non-hydrogen) atoms. The van der Waals surface area contributed by atoms with Crippen molar-refractivity contribution in [2.75, 3.05) is 19.6 Å². The fourth-order valence-corrected chi connectivity index (χ4v) is 3.31. The van der Waals surface area contributed by atoms with Gasteiger partial charge in [-0.1, -0.05) is 0 Å². The molecule has 0 radical (unpaired) electrons. The predicted octanol–water partition coefficient (Wildman–Crippen LogP) is 2.93. The van der Waals surface area contributed by atoms with Gasteiger partial charge in [-0.05, 0) is 31.0 Å². The predicted molar refractivity (Wildman–Crippen MR) is 74.1 cm³/mol. The van der Waals surface area contributed by atoms with E-state index in [9.17, 15) is 5.11 Å². The minimum Gasteiger partial charge on any atom is -0.497 e. The summed E-state index contributed by atoms with van der Waals surface area (Å²) in [6.45, 7) is 0.333. The van der Waals surface area contributed by atoms with Crippen LogP contribution in [0.4, 0.5) is 0 Å². The summed E-state index contributed by atoms with van der Waals surface area (Å²) in [5.74, 6) is 2.24. The zero-order chi connectivity index (χ0) is 13.0. The van der Waals surface area contributed by atoms with Gasteiger partial charge in [-0.3, -0.25) is 0 Å². The maximum absolute atomic E-state index is 10.1. The Morgan fingerprint density at radius 2 is 2.39 bits per heavy atom. The first kappa shape index (κ1) is 13.8. The summed E-state index contributed by atoms with van der Waals surface area (Å²) in [5.41, 5.74) is 0. The quantitative estimate of drug-likeness (QED) is 0.865. The summed E-state index contributed by atoms with van der Waals surface area (Å²) < 4.78 is 10.8. The molecule has 1 aliphatic rings. The maximum atomic E-state index is 10.1. The number of hydrogen-bond donors (Lipinski definition) is 1. The number of fused-ring (bicyclic) bond motifs is 1. The van der Waals surface area contributed by atoms with Crippen LogP contribution in [0.5, 0.6) is 11.5 Å². The second-order valence-corrected chi connectivity index (χ2v) is 5.84. The van der Waals surface area contributed by atoms with Crippen LogP contribution in [0.2, 0.25) is 0 Å². The van der Waals surface area contributed by atoms with Crippen molar-refractivity contribution in [3.8, 4) is 11.5 Å². The van der Waals surface area contributed by atoms with E-state index in [-0.39, 0.29) is 5.25 Å². The largest absolute Gasteiger partial charge is 0.497 e. The highest BCUT2D eigenvalue weighted by molar-refractivity contribution is 8.00. The number of halogens is 1. The molecule has 0 aromatic heterocycles. The Bertz CT molecular complexity index is 400. The van der Waals surface area contributed by atoms with Crippen LogP contribution in [0, 0.1) is 0 Å². The molecule has 2 rings (SSSR count). The Kier molecular flexibility index (Phi) is 5.03. The third-order valence-electron chi connectivity index (χ3n) is 2.89. The van der Waals surface area contributed by atoms with E-state index >= 15 is 0 Å². The van der Waals surface area contributed by atoms with Gasteiger partial charge in [0.15, 0.2) is 0 Å². The van der Waals surface area contributed by atoms with Gasteiger partial charge >= 0.3 is 0 Å². The fourth-order valence-electron chi connectivity index (χ4n) is 1.88. The molecule has 0 saturated carbocycles. The first-order chi connectivity index (χ1) is 8.74. The Hall–Kier alpha value is -0.580. The van der Waals surface area contributed by atoms with E-state index in [0.717, 1.165) is 29.2 Å². The van der Waals surface area contributed by atoms with Gasteiger partial charge in [-0.15, -0.1) is 23.4 Å². The van der Waals surface area contributed by atoms with Crippen LogP contribution in [0.25, 0.3) is 0 Å². The standard InChI is InChI=1S/C13H17ClO3S/c1-16-9-4-5-11-13(7-9)18-12(3-2-6-14)10(15)8-17-11/h4-5,7,10,12,15H,2-3,6,8H2,1H3/t10-,12+/m0/s1. The second-order valence-electron chi connectivity index (χ2n) is 4.18. The number of hydrogen-bond acceptors (Lipinski definition) is 4. The molecule has 0 bridgehead atoms. The lowest BCUT2D eigenvalue weighted by Gasteiger charge is -2.18. The highest BCUT2D eigenvalue weighted by Gasteiger charge is 2.26. The van der Waals surface area contributed by atoms with E-state index < -0.39 is 6.10 Å². The molecule has 0 spiro atoms. The van der Waals surface area contributed by atoms with Crippen molar-refractivity contribution in [3.63, 3.8) is 0 Å². The average Bonchev–Trinajstić information content (AvgIpc) is 2.55. The smallest absolute Gasteiger partial charge is 0.133 e. The summed E-state index contributed by atoms with van der Waals surface area (Å²) in [6.07, 6.45) is 1.32. The van der Waals surface area contributed by atoms with Crippen LogP contribution >= 0.6 is 23.4 Å². The van der Waals surface area contributed by atoms with Crippen LogP contribution in [0.3, 0.4) is 0 Å². The minimum atomic E-state index is -0.461. The molecule has 1 aromatic rings. The van der Waals surface area contributed by atoms with E-state index in [4.69, 9.17) is 21.1 Å². The van der Waals surface area contributed by atoms with E-state index in [0.29, 0.717) is 12.5 Å². The Labute approximate surface area is 116 Å². The normalized spacial score (nSPS) is 22.8. The summed E-state index contributed by atoms with van der Waals surface area (Å²) in [5, 5.41) is 10.2. The van der Waals surface area contributed by atoms with Gasteiger partial charge in [0, 0.05) is 11.1 Å². The molecule has 100 valence electrons. The van der Waals surface area contributed by atoms with Crippen LogP contribution in [0.1, 0.15) is 12.8 Å². The lowest BCUT2D eigenvalue weighted by atomic mass is 10.1. The van der Waals surface area contributed by atoms with E-state index in [1.165, 1.54) is 0 Å².